The Morgan fingerprint density at radius 1 is 0.920 bits per heavy atom. The second-order valence-electron chi connectivity index (χ2n) is 6.25. The second kappa shape index (κ2) is 9.07. The number of benzene rings is 2. The molecule has 25 heavy (non-hydrogen) atoms. The summed E-state index contributed by atoms with van der Waals surface area (Å²) in [5.41, 5.74) is 3.29. The van der Waals surface area contributed by atoms with Crippen LogP contribution in [0.15, 0.2) is 60.8 Å². The third-order valence-corrected chi connectivity index (χ3v) is 4.35. The number of rotatable bonds is 9. The predicted octanol–water partition coefficient (Wildman–Crippen LogP) is 5.81. The van der Waals surface area contributed by atoms with Gasteiger partial charge >= 0.3 is 0 Å². The molecule has 0 bridgehead atoms. The van der Waals surface area contributed by atoms with Gasteiger partial charge in [0.05, 0.1) is 12.1 Å². The van der Waals surface area contributed by atoms with Crippen molar-refractivity contribution < 1.29 is 4.74 Å². The maximum absolute atomic E-state index is 6.01. The molecule has 0 aliphatic heterocycles. The molecule has 0 saturated carbocycles. The Kier molecular flexibility index (Phi) is 6.27. The average Bonchev–Trinajstić information content (AvgIpc) is 2.67. The minimum atomic E-state index is 0.735. The second-order valence-corrected chi connectivity index (χ2v) is 6.25. The van der Waals surface area contributed by atoms with Gasteiger partial charge < -0.3 is 10.1 Å². The maximum atomic E-state index is 6.01. The molecule has 0 amide bonds. The van der Waals surface area contributed by atoms with E-state index in [1.54, 1.807) is 0 Å². The molecule has 0 unspecified atom stereocenters. The Morgan fingerprint density at radius 3 is 2.68 bits per heavy atom. The number of fused-ring (bicyclic) bond motifs is 1. The number of unbranched alkanes of at least 4 members (excludes halogenated alkanes) is 3. The van der Waals surface area contributed by atoms with Crippen LogP contribution in [0, 0.1) is 0 Å². The van der Waals surface area contributed by atoms with Gasteiger partial charge in [-0.3, -0.25) is 4.98 Å². The van der Waals surface area contributed by atoms with Crippen molar-refractivity contribution in [1.82, 2.24) is 4.98 Å². The van der Waals surface area contributed by atoms with Gasteiger partial charge in [-0.2, -0.15) is 0 Å². The highest BCUT2D eigenvalue weighted by Gasteiger charge is 2.05. The molecule has 1 aromatic heterocycles. The van der Waals surface area contributed by atoms with Crippen LogP contribution in [0.5, 0.6) is 5.75 Å². The first-order valence-electron chi connectivity index (χ1n) is 9.17. The van der Waals surface area contributed by atoms with E-state index in [2.05, 4.69) is 41.5 Å². The summed E-state index contributed by atoms with van der Waals surface area (Å²) in [6.07, 6.45) is 6.73. The maximum Gasteiger partial charge on any atom is 0.124 e. The smallest absolute Gasteiger partial charge is 0.124 e. The van der Waals surface area contributed by atoms with Crippen LogP contribution in [-0.4, -0.2) is 11.6 Å². The van der Waals surface area contributed by atoms with Crippen LogP contribution in [0.3, 0.4) is 0 Å². The molecule has 130 valence electrons. The fourth-order valence-corrected chi connectivity index (χ4v) is 2.94. The number of anilines is 1. The molecule has 1 heterocycles. The van der Waals surface area contributed by atoms with Crippen LogP contribution in [0.25, 0.3) is 10.9 Å². The topological polar surface area (TPSA) is 34.1 Å². The van der Waals surface area contributed by atoms with Gasteiger partial charge in [-0.25, -0.2) is 0 Å². The summed E-state index contributed by atoms with van der Waals surface area (Å²) in [6, 6.07) is 18.5. The van der Waals surface area contributed by atoms with Crippen LogP contribution in [-0.2, 0) is 6.54 Å². The first-order valence-corrected chi connectivity index (χ1v) is 9.17. The standard InChI is InChI=1S/C22H26N2O/c1-2-3-4-9-16-25-22-13-8-5-10-18(22)17-24-21-14-15-23-20-12-7-6-11-19(20)21/h5-8,10-15H,2-4,9,16-17H2,1H3,(H,23,24). The number of aromatic nitrogens is 1. The fraction of sp³-hybridized carbons (Fsp3) is 0.318. The number of hydrogen-bond donors (Lipinski definition) is 1. The van der Waals surface area contributed by atoms with Crippen molar-refractivity contribution in [2.75, 3.05) is 11.9 Å². The van der Waals surface area contributed by atoms with Gasteiger partial charge in [-0.05, 0) is 24.6 Å². The van der Waals surface area contributed by atoms with E-state index in [1.165, 1.54) is 24.8 Å². The van der Waals surface area contributed by atoms with Gasteiger partial charge in [0, 0.05) is 29.4 Å². The van der Waals surface area contributed by atoms with E-state index in [-0.39, 0.29) is 0 Å². The van der Waals surface area contributed by atoms with Crippen molar-refractivity contribution >= 4 is 16.6 Å². The molecule has 3 aromatic rings. The number of para-hydroxylation sites is 2. The molecule has 3 heteroatoms. The van der Waals surface area contributed by atoms with Crippen LogP contribution in [0.4, 0.5) is 5.69 Å². The Hall–Kier alpha value is -2.55. The summed E-state index contributed by atoms with van der Waals surface area (Å²) in [6.45, 7) is 3.75. The lowest BCUT2D eigenvalue weighted by molar-refractivity contribution is 0.302. The Bertz CT molecular complexity index is 795. The normalized spacial score (nSPS) is 10.8. The van der Waals surface area contributed by atoms with Crippen LogP contribution in [0.2, 0.25) is 0 Å². The highest BCUT2D eigenvalue weighted by molar-refractivity contribution is 5.90. The van der Waals surface area contributed by atoms with E-state index in [0.29, 0.717) is 0 Å². The number of nitrogens with one attached hydrogen (secondary N) is 1. The van der Waals surface area contributed by atoms with Crippen LogP contribution < -0.4 is 10.1 Å². The lowest BCUT2D eigenvalue weighted by Crippen LogP contribution is -2.05. The quantitative estimate of drug-likeness (QED) is 0.502. The third-order valence-electron chi connectivity index (χ3n) is 4.35. The van der Waals surface area contributed by atoms with Gasteiger partial charge in [-0.1, -0.05) is 62.6 Å². The molecule has 3 rings (SSSR count). The zero-order valence-electron chi connectivity index (χ0n) is 14.9. The minimum absolute atomic E-state index is 0.735. The third kappa shape index (κ3) is 4.72. The highest BCUT2D eigenvalue weighted by Crippen LogP contribution is 2.24. The van der Waals surface area contributed by atoms with Crippen molar-refractivity contribution in [2.45, 2.75) is 39.2 Å². The summed E-state index contributed by atoms with van der Waals surface area (Å²) < 4.78 is 6.01. The van der Waals surface area contributed by atoms with Gasteiger partial charge in [0.25, 0.3) is 0 Å². The molecule has 0 saturated heterocycles. The van der Waals surface area contributed by atoms with E-state index in [0.717, 1.165) is 41.9 Å². The van der Waals surface area contributed by atoms with E-state index in [9.17, 15) is 0 Å². The largest absolute Gasteiger partial charge is 0.493 e. The van der Waals surface area contributed by atoms with Crippen molar-refractivity contribution in [3.05, 3.63) is 66.4 Å². The minimum Gasteiger partial charge on any atom is -0.493 e. The van der Waals surface area contributed by atoms with Crippen molar-refractivity contribution in [2.24, 2.45) is 0 Å². The number of nitrogens with zero attached hydrogens (tertiary/aromatic N) is 1. The summed E-state index contributed by atoms with van der Waals surface area (Å²) in [5, 5.41) is 4.68. The lowest BCUT2D eigenvalue weighted by Gasteiger charge is -2.14. The fourth-order valence-electron chi connectivity index (χ4n) is 2.94. The Morgan fingerprint density at radius 2 is 1.76 bits per heavy atom. The monoisotopic (exact) mass is 334 g/mol. The summed E-state index contributed by atoms with van der Waals surface area (Å²) in [4.78, 5) is 4.41. The van der Waals surface area contributed by atoms with E-state index in [1.807, 2.05) is 36.5 Å². The lowest BCUT2D eigenvalue weighted by atomic mass is 10.1. The van der Waals surface area contributed by atoms with Crippen molar-refractivity contribution in [3.63, 3.8) is 0 Å². The molecular formula is C22H26N2O. The van der Waals surface area contributed by atoms with Crippen molar-refractivity contribution in [1.29, 1.82) is 0 Å². The van der Waals surface area contributed by atoms with Crippen LogP contribution in [0.1, 0.15) is 38.2 Å². The predicted molar refractivity (Wildman–Crippen MR) is 105 cm³/mol. The average molecular weight is 334 g/mol. The molecule has 0 aliphatic carbocycles. The van der Waals surface area contributed by atoms with Gasteiger partial charge in [0.1, 0.15) is 5.75 Å². The Balaban J connectivity index is 1.64. The molecule has 0 atom stereocenters. The highest BCUT2D eigenvalue weighted by atomic mass is 16.5. The molecular weight excluding hydrogens is 308 g/mol. The molecule has 0 radical (unpaired) electrons. The molecule has 0 spiro atoms. The zero-order valence-corrected chi connectivity index (χ0v) is 14.9. The van der Waals surface area contributed by atoms with E-state index >= 15 is 0 Å². The number of hydrogen-bond acceptors (Lipinski definition) is 3. The van der Waals surface area contributed by atoms with Crippen molar-refractivity contribution in [3.8, 4) is 5.75 Å². The first-order chi connectivity index (χ1) is 12.4. The Labute approximate surface area is 150 Å². The van der Waals surface area contributed by atoms with Gasteiger partial charge in [0.15, 0.2) is 0 Å². The van der Waals surface area contributed by atoms with E-state index < -0.39 is 0 Å². The molecule has 0 fully saturated rings. The summed E-state index contributed by atoms with van der Waals surface area (Å²) in [7, 11) is 0. The summed E-state index contributed by atoms with van der Waals surface area (Å²) >= 11 is 0. The first kappa shape index (κ1) is 17.3. The molecule has 2 aromatic carbocycles. The van der Waals surface area contributed by atoms with Gasteiger partial charge in [-0.15, -0.1) is 0 Å². The molecule has 1 N–H and O–H groups in total. The molecule has 3 nitrogen and oxygen atoms in total. The zero-order chi connectivity index (χ0) is 17.3. The van der Waals surface area contributed by atoms with E-state index in [4.69, 9.17) is 4.74 Å². The number of ether oxygens (including phenoxy) is 1. The number of pyridine rings is 1. The van der Waals surface area contributed by atoms with Crippen LogP contribution >= 0.6 is 0 Å². The SMILES string of the molecule is CCCCCCOc1ccccc1CNc1ccnc2ccccc12. The van der Waals surface area contributed by atoms with Gasteiger partial charge in [0.2, 0.25) is 0 Å². The summed E-state index contributed by atoms with van der Waals surface area (Å²) in [5.74, 6) is 0.977. The molecule has 0 aliphatic rings.